The second-order valence-corrected chi connectivity index (χ2v) is 7.91. The molecule has 1 aromatic carbocycles. The Morgan fingerprint density at radius 2 is 1.47 bits per heavy atom. The monoisotopic (exact) mass is 272 g/mol. The summed E-state index contributed by atoms with van der Waals surface area (Å²) in [5, 5.41) is 0.807. The highest BCUT2D eigenvalue weighted by molar-refractivity contribution is 8.04. The van der Waals surface area contributed by atoms with Crippen LogP contribution in [0.2, 0.25) is 0 Å². The van der Waals surface area contributed by atoms with Gasteiger partial charge in [0.2, 0.25) is 0 Å². The molecule has 102 valence electrons. The van der Waals surface area contributed by atoms with Crippen LogP contribution in [-0.2, 0) is 0 Å². The van der Waals surface area contributed by atoms with Crippen molar-refractivity contribution in [3.8, 4) is 0 Å². The standard InChI is InChI=1S/C18H24S/c1-10-6-8-15(9-7-10)17-14(5)19-18-13(4)11(2)12(3)16(17)18/h6-9,11-13,16,18H,1-5H3. The first-order valence-electron chi connectivity index (χ1n) is 7.45. The van der Waals surface area contributed by atoms with Gasteiger partial charge in [0, 0.05) is 11.2 Å². The van der Waals surface area contributed by atoms with E-state index in [4.69, 9.17) is 0 Å². The van der Waals surface area contributed by atoms with Gasteiger partial charge in [-0.05, 0) is 47.6 Å². The Morgan fingerprint density at radius 3 is 2.11 bits per heavy atom. The third-order valence-corrected chi connectivity index (χ3v) is 7.05. The largest absolute Gasteiger partial charge is 0.126 e. The van der Waals surface area contributed by atoms with Crippen LogP contribution in [-0.4, -0.2) is 5.25 Å². The smallest absolute Gasteiger partial charge is 0.0191 e. The van der Waals surface area contributed by atoms with E-state index in [9.17, 15) is 0 Å². The predicted molar refractivity (Wildman–Crippen MR) is 86.1 cm³/mol. The molecule has 2 aliphatic rings. The van der Waals surface area contributed by atoms with Crippen molar-refractivity contribution < 1.29 is 0 Å². The van der Waals surface area contributed by atoms with Gasteiger partial charge in [0.15, 0.2) is 0 Å². The van der Waals surface area contributed by atoms with Crippen LogP contribution in [0.5, 0.6) is 0 Å². The third kappa shape index (κ3) is 1.98. The maximum atomic E-state index is 2.46. The van der Waals surface area contributed by atoms with Gasteiger partial charge in [-0.3, -0.25) is 0 Å². The SMILES string of the molecule is CC1=C(c2ccc(C)cc2)C2C(C)C(C)C(C)C2S1. The molecule has 0 N–H and O–H groups in total. The number of thioether (sulfide) groups is 1. The van der Waals surface area contributed by atoms with Gasteiger partial charge < -0.3 is 0 Å². The van der Waals surface area contributed by atoms with Crippen molar-refractivity contribution in [2.75, 3.05) is 0 Å². The zero-order valence-corrected chi connectivity index (χ0v) is 13.4. The summed E-state index contributed by atoms with van der Waals surface area (Å²) in [6.07, 6.45) is 0. The number of aryl methyl sites for hydroxylation is 1. The number of allylic oxidation sites excluding steroid dienone is 2. The summed E-state index contributed by atoms with van der Waals surface area (Å²) < 4.78 is 0. The van der Waals surface area contributed by atoms with E-state index in [1.54, 1.807) is 10.5 Å². The van der Waals surface area contributed by atoms with Crippen LogP contribution >= 0.6 is 11.8 Å². The fraction of sp³-hybridized carbons (Fsp3) is 0.556. The molecule has 19 heavy (non-hydrogen) atoms. The number of fused-ring (bicyclic) bond motifs is 1. The van der Waals surface area contributed by atoms with Crippen molar-refractivity contribution in [1.29, 1.82) is 0 Å². The summed E-state index contributed by atoms with van der Waals surface area (Å²) in [6, 6.07) is 9.13. The minimum atomic E-state index is 0.762. The normalized spacial score (nSPS) is 37.8. The van der Waals surface area contributed by atoms with Gasteiger partial charge in [-0.1, -0.05) is 50.6 Å². The van der Waals surface area contributed by atoms with Gasteiger partial charge in [-0.25, -0.2) is 0 Å². The molecule has 1 saturated carbocycles. The van der Waals surface area contributed by atoms with Crippen molar-refractivity contribution in [3.05, 3.63) is 40.3 Å². The highest BCUT2D eigenvalue weighted by Gasteiger charge is 2.49. The lowest BCUT2D eigenvalue weighted by atomic mass is 9.83. The molecule has 3 rings (SSSR count). The Bertz CT molecular complexity index is 511. The highest BCUT2D eigenvalue weighted by atomic mass is 32.2. The lowest BCUT2D eigenvalue weighted by molar-refractivity contribution is 0.366. The zero-order chi connectivity index (χ0) is 13.7. The Morgan fingerprint density at radius 1 is 0.842 bits per heavy atom. The molecule has 1 heterocycles. The average molecular weight is 272 g/mol. The first-order valence-corrected chi connectivity index (χ1v) is 8.33. The van der Waals surface area contributed by atoms with E-state index >= 15 is 0 Å². The molecular formula is C18H24S. The molecule has 0 bridgehead atoms. The Hall–Kier alpha value is -0.690. The van der Waals surface area contributed by atoms with Crippen LogP contribution in [0.3, 0.4) is 0 Å². The minimum Gasteiger partial charge on any atom is -0.126 e. The molecular weight excluding hydrogens is 248 g/mol. The first-order chi connectivity index (χ1) is 9.00. The number of hydrogen-bond donors (Lipinski definition) is 0. The number of rotatable bonds is 1. The van der Waals surface area contributed by atoms with Crippen molar-refractivity contribution in [3.63, 3.8) is 0 Å². The Kier molecular flexibility index (Phi) is 3.29. The van der Waals surface area contributed by atoms with Crippen molar-refractivity contribution in [1.82, 2.24) is 0 Å². The first kappa shape index (κ1) is 13.3. The summed E-state index contributed by atoms with van der Waals surface area (Å²) in [6.45, 7) is 11.8. The average Bonchev–Trinajstić information content (AvgIpc) is 2.83. The van der Waals surface area contributed by atoms with Crippen LogP contribution < -0.4 is 0 Å². The predicted octanol–water partition coefficient (Wildman–Crippen LogP) is 5.38. The van der Waals surface area contributed by atoms with Crippen LogP contribution in [0.25, 0.3) is 5.57 Å². The minimum absolute atomic E-state index is 0.762. The third-order valence-electron chi connectivity index (χ3n) is 5.49. The lowest BCUT2D eigenvalue weighted by Crippen LogP contribution is -2.15. The second-order valence-electron chi connectivity index (χ2n) is 6.52. The van der Waals surface area contributed by atoms with Crippen LogP contribution in [0.4, 0.5) is 0 Å². The molecule has 1 aliphatic heterocycles. The zero-order valence-electron chi connectivity index (χ0n) is 12.6. The highest BCUT2D eigenvalue weighted by Crippen LogP contribution is 2.59. The molecule has 5 unspecified atom stereocenters. The summed E-state index contributed by atoms with van der Waals surface area (Å²) in [4.78, 5) is 1.56. The van der Waals surface area contributed by atoms with Crippen LogP contribution in [0.1, 0.15) is 38.8 Å². The molecule has 1 heteroatoms. The van der Waals surface area contributed by atoms with E-state index in [1.165, 1.54) is 11.1 Å². The van der Waals surface area contributed by atoms with Crippen LogP contribution in [0.15, 0.2) is 29.2 Å². The summed E-state index contributed by atoms with van der Waals surface area (Å²) >= 11 is 2.14. The van der Waals surface area contributed by atoms with Crippen molar-refractivity contribution >= 4 is 17.3 Å². The van der Waals surface area contributed by atoms with E-state index in [-0.39, 0.29) is 0 Å². The molecule has 0 radical (unpaired) electrons. The van der Waals surface area contributed by atoms with Gasteiger partial charge in [0.25, 0.3) is 0 Å². The van der Waals surface area contributed by atoms with E-state index in [1.807, 2.05) is 0 Å². The lowest BCUT2D eigenvalue weighted by Gasteiger charge is -2.21. The fourth-order valence-electron chi connectivity index (χ4n) is 3.97. The summed E-state index contributed by atoms with van der Waals surface area (Å²) in [7, 11) is 0. The van der Waals surface area contributed by atoms with Crippen molar-refractivity contribution in [2.24, 2.45) is 23.7 Å². The molecule has 5 atom stereocenters. The molecule has 0 saturated heterocycles. The van der Waals surface area contributed by atoms with E-state index in [0.29, 0.717) is 0 Å². The second kappa shape index (κ2) is 4.70. The van der Waals surface area contributed by atoms with E-state index in [0.717, 1.165) is 28.9 Å². The fourth-order valence-corrected chi connectivity index (χ4v) is 5.75. The van der Waals surface area contributed by atoms with Gasteiger partial charge >= 0.3 is 0 Å². The van der Waals surface area contributed by atoms with Gasteiger partial charge in [0.05, 0.1) is 0 Å². The molecule has 1 aromatic rings. The van der Waals surface area contributed by atoms with Gasteiger partial charge in [-0.2, -0.15) is 0 Å². The van der Waals surface area contributed by atoms with Crippen molar-refractivity contribution in [2.45, 2.75) is 39.9 Å². The molecule has 0 nitrogen and oxygen atoms in total. The Labute approximate surface area is 121 Å². The van der Waals surface area contributed by atoms with E-state index in [2.05, 4.69) is 70.6 Å². The van der Waals surface area contributed by atoms with Gasteiger partial charge in [0.1, 0.15) is 0 Å². The maximum Gasteiger partial charge on any atom is 0.0191 e. The number of hydrogen-bond acceptors (Lipinski definition) is 1. The topological polar surface area (TPSA) is 0 Å². The maximum absolute atomic E-state index is 2.46. The summed E-state index contributed by atoms with van der Waals surface area (Å²) in [5.41, 5.74) is 4.44. The Balaban J connectivity index is 2.01. The molecule has 1 fully saturated rings. The number of benzene rings is 1. The molecule has 1 aliphatic carbocycles. The molecule has 0 aromatic heterocycles. The molecule has 0 amide bonds. The van der Waals surface area contributed by atoms with E-state index < -0.39 is 0 Å². The quantitative estimate of drug-likeness (QED) is 0.661. The summed E-state index contributed by atoms with van der Waals surface area (Å²) in [5.74, 6) is 3.25. The van der Waals surface area contributed by atoms with Gasteiger partial charge in [-0.15, -0.1) is 11.8 Å². The molecule has 0 spiro atoms. The van der Waals surface area contributed by atoms with Crippen LogP contribution in [0, 0.1) is 30.6 Å².